The van der Waals surface area contributed by atoms with Crippen LogP contribution >= 0.6 is 0 Å². The summed E-state index contributed by atoms with van der Waals surface area (Å²) < 4.78 is 0. The highest BCUT2D eigenvalue weighted by Gasteiger charge is 2.14. The second kappa shape index (κ2) is 3.05. The first-order chi connectivity index (χ1) is 6.29. The van der Waals surface area contributed by atoms with E-state index in [1.54, 1.807) is 0 Å². The van der Waals surface area contributed by atoms with Crippen molar-refractivity contribution in [2.45, 2.75) is 12.8 Å². The van der Waals surface area contributed by atoms with Crippen LogP contribution in [0.5, 0.6) is 0 Å². The van der Waals surface area contributed by atoms with Crippen molar-refractivity contribution in [2.24, 2.45) is 5.73 Å². The number of carbonyl (C=O) groups excluding carboxylic acids is 1. The highest BCUT2D eigenvalue weighted by molar-refractivity contribution is 6.19. The molecule has 2 nitrogen and oxygen atoms in total. The Morgan fingerprint density at radius 3 is 2.85 bits per heavy atom. The maximum atomic E-state index is 11.1. The number of amides is 1. The molecule has 1 aromatic carbocycles. The molecule has 0 atom stereocenters. The molecule has 0 unspecified atom stereocenters. The lowest BCUT2D eigenvalue weighted by molar-refractivity contribution is -0.112. The number of benzene rings is 1. The molecule has 2 heteroatoms. The fourth-order valence-electron chi connectivity index (χ4n) is 1.72. The fraction of sp³-hybridized carbons (Fsp3) is 0.182. The summed E-state index contributed by atoms with van der Waals surface area (Å²) in [5.41, 5.74) is 8.17. The summed E-state index contributed by atoms with van der Waals surface area (Å²) >= 11 is 0. The lowest BCUT2D eigenvalue weighted by Gasteiger charge is -2.14. The quantitative estimate of drug-likeness (QED) is 0.687. The zero-order chi connectivity index (χ0) is 9.26. The number of rotatable bonds is 1. The molecule has 0 saturated heterocycles. The molecule has 1 aliphatic carbocycles. The van der Waals surface area contributed by atoms with Crippen LogP contribution in [0.3, 0.4) is 0 Å². The monoisotopic (exact) mass is 173 g/mol. The van der Waals surface area contributed by atoms with Crippen molar-refractivity contribution >= 4 is 11.5 Å². The number of aryl methyl sites for hydroxylation is 1. The van der Waals surface area contributed by atoms with Gasteiger partial charge < -0.3 is 5.73 Å². The number of primary amides is 1. The second-order valence-electron chi connectivity index (χ2n) is 3.18. The largest absolute Gasteiger partial charge is 0.366 e. The summed E-state index contributed by atoms with van der Waals surface area (Å²) in [6, 6.07) is 7.92. The van der Waals surface area contributed by atoms with Crippen LogP contribution in [0.25, 0.3) is 5.57 Å². The average molecular weight is 173 g/mol. The number of hydrogen-bond acceptors (Lipinski definition) is 1. The molecule has 1 aromatic rings. The Balaban J connectivity index is 2.53. The lowest BCUT2D eigenvalue weighted by Crippen LogP contribution is -2.16. The maximum Gasteiger partial charge on any atom is 0.248 e. The summed E-state index contributed by atoms with van der Waals surface area (Å²) in [6.07, 6.45) is 3.84. The Morgan fingerprint density at radius 1 is 1.31 bits per heavy atom. The summed E-state index contributed by atoms with van der Waals surface area (Å²) in [7, 11) is 0. The third kappa shape index (κ3) is 1.35. The minimum Gasteiger partial charge on any atom is -0.366 e. The molecular weight excluding hydrogens is 162 g/mol. The summed E-state index contributed by atoms with van der Waals surface area (Å²) in [5, 5.41) is 0. The van der Waals surface area contributed by atoms with Crippen molar-refractivity contribution in [1.82, 2.24) is 0 Å². The maximum absolute atomic E-state index is 11.1. The van der Waals surface area contributed by atoms with Gasteiger partial charge in [0.05, 0.1) is 0 Å². The van der Waals surface area contributed by atoms with Crippen molar-refractivity contribution in [2.75, 3.05) is 0 Å². The minimum atomic E-state index is -0.327. The average Bonchev–Trinajstić information content (AvgIpc) is 2.17. The van der Waals surface area contributed by atoms with E-state index in [0.717, 1.165) is 18.4 Å². The molecule has 0 aromatic heterocycles. The standard InChI is InChI=1S/C11H11NO/c12-11(13)10-7-3-5-8-4-1-2-6-9(8)10/h1-2,4,6-7H,3,5H2,(H2,12,13). The third-order valence-corrected chi connectivity index (χ3v) is 2.34. The first-order valence-electron chi connectivity index (χ1n) is 4.37. The Kier molecular flexibility index (Phi) is 1.89. The van der Waals surface area contributed by atoms with Gasteiger partial charge in [0.25, 0.3) is 0 Å². The molecule has 66 valence electrons. The number of nitrogens with two attached hydrogens (primary N) is 1. The van der Waals surface area contributed by atoms with E-state index in [1.807, 2.05) is 30.3 Å². The van der Waals surface area contributed by atoms with Crippen LogP contribution in [-0.2, 0) is 11.2 Å². The van der Waals surface area contributed by atoms with Gasteiger partial charge in [-0.25, -0.2) is 0 Å². The van der Waals surface area contributed by atoms with Gasteiger partial charge in [-0.15, -0.1) is 0 Å². The van der Waals surface area contributed by atoms with Gasteiger partial charge in [0.2, 0.25) is 5.91 Å². The molecule has 1 amide bonds. The molecule has 0 aliphatic heterocycles. The van der Waals surface area contributed by atoms with Crippen molar-refractivity contribution in [3.05, 3.63) is 41.5 Å². The van der Waals surface area contributed by atoms with E-state index < -0.39 is 0 Å². The predicted molar refractivity (Wildman–Crippen MR) is 51.9 cm³/mol. The molecule has 1 aliphatic rings. The van der Waals surface area contributed by atoms with E-state index in [4.69, 9.17) is 5.73 Å². The van der Waals surface area contributed by atoms with E-state index in [1.165, 1.54) is 5.56 Å². The molecule has 0 spiro atoms. The molecule has 0 heterocycles. The molecular formula is C11H11NO. The Hall–Kier alpha value is -1.57. The van der Waals surface area contributed by atoms with Crippen LogP contribution in [0.2, 0.25) is 0 Å². The van der Waals surface area contributed by atoms with Gasteiger partial charge in [-0.05, 0) is 24.0 Å². The number of fused-ring (bicyclic) bond motifs is 1. The third-order valence-electron chi connectivity index (χ3n) is 2.34. The van der Waals surface area contributed by atoms with Crippen molar-refractivity contribution in [1.29, 1.82) is 0 Å². The van der Waals surface area contributed by atoms with Crippen LogP contribution in [0.4, 0.5) is 0 Å². The molecule has 0 bridgehead atoms. The fourth-order valence-corrected chi connectivity index (χ4v) is 1.72. The zero-order valence-corrected chi connectivity index (χ0v) is 7.29. The Bertz CT molecular complexity index is 379. The molecule has 2 rings (SSSR count). The van der Waals surface area contributed by atoms with Gasteiger partial charge in [-0.1, -0.05) is 30.3 Å². The van der Waals surface area contributed by atoms with E-state index in [-0.39, 0.29) is 5.91 Å². The first kappa shape index (κ1) is 8.05. The van der Waals surface area contributed by atoms with E-state index >= 15 is 0 Å². The van der Waals surface area contributed by atoms with Crippen LogP contribution in [-0.4, -0.2) is 5.91 Å². The Labute approximate surface area is 77.1 Å². The van der Waals surface area contributed by atoms with Gasteiger partial charge >= 0.3 is 0 Å². The lowest BCUT2D eigenvalue weighted by atomic mass is 9.91. The molecule has 13 heavy (non-hydrogen) atoms. The summed E-state index contributed by atoms with van der Waals surface area (Å²) in [4.78, 5) is 11.1. The topological polar surface area (TPSA) is 43.1 Å². The summed E-state index contributed by atoms with van der Waals surface area (Å²) in [5.74, 6) is -0.327. The van der Waals surface area contributed by atoms with Crippen LogP contribution in [0.1, 0.15) is 17.5 Å². The van der Waals surface area contributed by atoms with Crippen LogP contribution in [0.15, 0.2) is 30.3 Å². The normalized spacial score (nSPS) is 14.6. The Morgan fingerprint density at radius 2 is 2.08 bits per heavy atom. The SMILES string of the molecule is NC(=O)C1=CCCc2ccccc21. The van der Waals surface area contributed by atoms with Gasteiger partial charge in [0, 0.05) is 5.57 Å². The number of carbonyl (C=O) groups is 1. The van der Waals surface area contributed by atoms with E-state index in [2.05, 4.69) is 0 Å². The number of hydrogen-bond donors (Lipinski definition) is 1. The van der Waals surface area contributed by atoms with E-state index in [0.29, 0.717) is 5.57 Å². The van der Waals surface area contributed by atoms with Crippen molar-refractivity contribution < 1.29 is 4.79 Å². The minimum absolute atomic E-state index is 0.327. The van der Waals surface area contributed by atoms with Crippen LogP contribution < -0.4 is 5.73 Å². The van der Waals surface area contributed by atoms with Gasteiger partial charge in [-0.3, -0.25) is 4.79 Å². The number of allylic oxidation sites excluding steroid dienone is 1. The van der Waals surface area contributed by atoms with Crippen molar-refractivity contribution in [3.8, 4) is 0 Å². The van der Waals surface area contributed by atoms with Crippen molar-refractivity contribution in [3.63, 3.8) is 0 Å². The van der Waals surface area contributed by atoms with Gasteiger partial charge in [0.1, 0.15) is 0 Å². The molecule has 0 radical (unpaired) electrons. The van der Waals surface area contributed by atoms with Crippen LogP contribution in [0, 0.1) is 0 Å². The zero-order valence-electron chi connectivity index (χ0n) is 7.29. The predicted octanol–water partition coefficient (Wildman–Crippen LogP) is 1.50. The highest BCUT2D eigenvalue weighted by Crippen LogP contribution is 2.25. The summed E-state index contributed by atoms with van der Waals surface area (Å²) in [6.45, 7) is 0. The smallest absolute Gasteiger partial charge is 0.248 e. The molecule has 2 N–H and O–H groups in total. The van der Waals surface area contributed by atoms with E-state index in [9.17, 15) is 4.79 Å². The molecule has 0 saturated carbocycles. The first-order valence-corrected chi connectivity index (χ1v) is 4.37. The second-order valence-corrected chi connectivity index (χ2v) is 3.18. The van der Waals surface area contributed by atoms with Gasteiger partial charge in [-0.2, -0.15) is 0 Å². The molecule has 0 fully saturated rings. The van der Waals surface area contributed by atoms with Gasteiger partial charge in [0.15, 0.2) is 0 Å². The highest BCUT2D eigenvalue weighted by atomic mass is 16.1.